The molecule has 3 atom stereocenters. The van der Waals surface area contributed by atoms with Gasteiger partial charge in [-0.1, -0.05) is 12.1 Å². The van der Waals surface area contributed by atoms with Gasteiger partial charge in [0.05, 0.1) is 12.7 Å². The fourth-order valence-electron chi connectivity index (χ4n) is 3.07. The molecule has 1 aromatic rings. The summed E-state index contributed by atoms with van der Waals surface area (Å²) in [6.07, 6.45) is 4.14. The molecular weight excluding hydrogens is 297 g/mol. The van der Waals surface area contributed by atoms with Crippen LogP contribution < -0.4 is 5.32 Å². The second kappa shape index (κ2) is 7.88. The second-order valence-corrected chi connectivity index (χ2v) is 6.35. The maximum atomic E-state index is 12.9. The number of ether oxygens (including phenoxy) is 2. The number of halogens is 1. The van der Waals surface area contributed by atoms with Crippen molar-refractivity contribution in [1.82, 2.24) is 5.32 Å². The highest BCUT2D eigenvalue weighted by atomic mass is 19.1. The van der Waals surface area contributed by atoms with E-state index in [0.717, 1.165) is 37.9 Å². The van der Waals surface area contributed by atoms with Crippen molar-refractivity contribution in [1.29, 1.82) is 0 Å². The van der Waals surface area contributed by atoms with Crippen molar-refractivity contribution in [2.75, 3.05) is 26.4 Å². The van der Waals surface area contributed by atoms with Crippen molar-refractivity contribution < 1.29 is 18.7 Å². The van der Waals surface area contributed by atoms with E-state index in [1.54, 1.807) is 12.1 Å². The van der Waals surface area contributed by atoms with E-state index < -0.39 is 0 Å². The van der Waals surface area contributed by atoms with Gasteiger partial charge in [-0.3, -0.25) is 4.79 Å². The van der Waals surface area contributed by atoms with Crippen LogP contribution in [0.25, 0.3) is 0 Å². The summed E-state index contributed by atoms with van der Waals surface area (Å²) in [5.41, 5.74) is 1.05. The molecule has 2 aliphatic rings. The molecule has 0 bridgehead atoms. The molecule has 2 fully saturated rings. The van der Waals surface area contributed by atoms with Gasteiger partial charge in [-0.25, -0.2) is 4.39 Å². The lowest BCUT2D eigenvalue weighted by atomic mass is 10.1. The minimum Gasteiger partial charge on any atom is -0.379 e. The fourth-order valence-corrected chi connectivity index (χ4v) is 3.07. The van der Waals surface area contributed by atoms with Crippen LogP contribution in [0.1, 0.15) is 37.2 Å². The normalized spacial score (nSPS) is 26.2. The standard InChI is InChI=1S/C18H24FNO3/c19-14-6-4-13(5-7-14)16-11-17(16)18(21)20-8-2-9-22-12-15-3-1-10-23-15/h4-7,15-17H,1-3,8-12H2,(H,20,21). The molecular formula is C18H24FNO3. The Kier molecular flexibility index (Phi) is 5.62. The first kappa shape index (κ1) is 16.4. The number of carbonyl (C=O) groups excluding carboxylic acids is 1. The first-order chi connectivity index (χ1) is 11.2. The van der Waals surface area contributed by atoms with E-state index in [-0.39, 0.29) is 29.7 Å². The molecule has 1 N–H and O–H groups in total. The molecule has 3 unspecified atom stereocenters. The van der Waals surface area contributed by atoms with Crippen molar-refractivity contribution in [3.8, 4) is 0 Å². The largest absolute Gasteiger partial charge is 0.379 e. The van der Waals surface area contributed by atoms with Gasteiger partial charge >= 0.3 is 0 Å². The summed E-state index contributed by atoms with van der Waals surface area (Å²) in [5.74, 6) is 0.136. The summed E-state index contributed by atoms with van der Waals surface area (Å²) in [6, 6.07) is 6.44. The minimum absolute atomic E-state index is 0.0354. The zero-order chi connectivity index (χ0) is 16.1. The van der Waals surface area contributed by atoms with Crippen LogP contribution in [0.4, 0.5) is 4.39 Å². The predicted molar refractivity (Wildman–Crippen MR) is 84.7 cm³/mol. The molecule has 0 radical (unpaired) electrons. The molecule has 1 saturated carbocycles. The molecule has 0 aromatic heterocycles. The molecule has 1 aliphatic carbocycles. The molecule has 1 amide bonds. The molecule has 4 nitrogen and oxygen atoms in total. The highest BCUT2D eigenvalue weighted by molar-refractivity contribution is 5.82. The maximum absolute atomic E-state index is 12.9. The Morgan fingerprint density at radius 2 is 2.17 bits per heavy atom. The molecule has 23 heavy (non-hydrogen) atoms. The van der Waals surface area contributed by atoms with E-state index >= 15 is 0 Å². The number of nitrogens with one attached hydrogen (secondary N) is 1. The number of hydrogen-bond donors (Lipinski definition) is 1. The Labute approximate surface area is 136 Å². The molecule has 3 rings (SSSR count). The SMILES string of the molecule is O=C(NCCCOCC1CCCO1)C1CC1c1ccc(F)cc1. The Balaban J connectivity index is 1.26. The third kappa shape index (κ3) is 4.75. The topological polar surface area (TPSA) is 47.6 Å². The van der Waals surface area contributed by atoms with Crippen LogP contribution in [0.2, 0.25) is 0 Å². The Morgan fingerprint density at radius 3 is 2.91 bits per heavy atom. The van der Waals surface area contributed by atoms with Crippen molar-refractivity contribution >= 4 is 5.91 Å². The van der Waals surface area contributed by atoms with Crippen LogP contribution in [0, 0.1) is 11.7 Å². The van der Waals surface area contributed by atoms with Gasteiger partial charge in [0.15, 0.2) is 0 Å². The average molecular weight is 321 g/mol. The van der Waals surface area contributed by atoms with Gasteiger partial charge in [-0.2, -0.15) is 0 Å². The number of amides is 1. The van der Waals surface area contributed by atoms with Crippen molar-refractivity contribution in [2.24, 2.45) is 5.92 Å². The maximum Gasteiger partial charge on any atom is 0.223 e. The number of benzene rings is 1. The van der Waals surface area contributed by atoms with E-state index in [2.05, 4.69) is 5.32 Å². The summed E-state index contributed by atoms with van der Waals surface area (Å²) in [6.45, 7) is 2.78. The lowest BCUT2D eigenvalue weighted by Gasteiger charge is -2.10. The molecule has 1 heterocycles. The lowest BCUT2D eigenvalue weighted by molar-refractivity contribution is -0.122. The summed E-state index contributed by atoms with van der Waals surface area (Å²) < 4.78 is 23.9. The van der Waals surface area contributed by atoms with Gasteiger partial charge < -0.3 is 14.8 Å². The van der Waals surface area contributed by atoms with Crippen LogP contribution in [-0.4, -0.2) is 38.4 Å². The highest BCUT2D eigenvalue weighted by Gasteiger charge is 2.43. The van der Waals surface area contributed by atoms with E-state index in [9.17, 15) is 9.18 Å². The second-order valence-electron chi connectivity index (χ2n) is 6.35. The zero-order valence-electron chi connectivity index (χ0n) is 13.3. The Hall–Kier alpha value is -1.46. The fraction of sp³-hybridized carbons (Fsp3) is 0.611. The monoisotopic (exact) mass is 321 g/mol. The van der Waals surface area contributed by atoms with Gasteiger partial charge in [0.1, 0.15) is 5.82 Å². The number of hydrogen-bond acceptors (Lipinski definition) is 3. The molecule has 1 aliphatic heterocycles. The first-order valence-electron chi connectivity index (χ1n) is 8.46. The summed E-state index contributed by atoms with van der Waals surface area (Å²) >= 11 is 0. The summed E-state index contributed by atoms with van der Waals surface area (Å²) in [7, 11) is 0. The van der Waals surface area contributed by atoms with Gasteiger partial charge in [-0.05, 0) is 49.3 Å². The summed E-state index contributed by atoms with van der Waals surface area (Å²) in [4.78, 5) is 12.1. The van der Waals surface area contributed by atoms with E-state index in [4.69, 9.17) is 9.47 Å². The quantitative estimate of drug-likeness (QED) is 0.749. The van der Waals surface area contributed by atoms with Crippen molar-refractivity contribution in [2.45, 2.75) is 37.7 Å². The van der Waals surface area contributed by atoms with Crippen molar-refractivity contribution in [3.05, 3.63) is 35.6 Å². The number of rotatable bonds is 8. The highest BCUT2D eigenvalue weighted by Crippen LogP contribution is 2.47. The van der Waals surface area contributed by atoms with Gasteiger partial charge in [0.25, 0.3) is 0 Å². The minimum atomic E-state index is -0.238. The molecule has 5 heteroatoms. The molecule has 1 aromatic carbocycles. The van der Waals surface area contributed by atoms with Crippen molar-refractivity contribution in [3.63, 3.8) is 0 Å². The van der Waals surface area contributed by atoms with Crippen LogP contribution in [0.5, 0.6) is 0 Å². The molecule has 1 saturated heterocycles. The average Bonchev–Trinajstić information content (AvgIpc) is 3.19. The summed E-state index contributed by atoms with van der Waals surface area (Å²) in [5, 5.41) is 2.96. The zero-order valence-corrected chi connectivity index (χ0v) is 13.3. The van der Waals surface area contributed by atoms with Crippen LogP contribution in [0.15, 0.2) is 24.3 Å². The third-order valence-electron chi connectivity index (χ3n) is 4.52. The Bertz CT molecular complexity index is 514. The van der Waals surface area contributed by atoms with Gasteiger partial charge in [-0.15, -0.1) is 0 Å². The van der Waals surface area contributed by atoms with E-state index in [0.29, 0.717) is 19.8 Å². The van der Waals surface area contributed by atoms with E-state index in [1.165, 1.54) is 12.1 Å². The van der Waals surface area contributed by atoms with Crippen LogP contribution in [0.3, 0.4) is 0 Å². The van der Waals surface area contributed by atoms with Crippen LogP contribution >= 0.6 is 0 Å². The smallest absolute Gasteiger partial charge is 0.223 e. The predicted octanol–water partition coefficient (Wildman–Crippen LogP) is 2.63. The molecule has 126 valence electrons. The van der Waals surface area contributed by atoms with Gasteiger partial charge in [0, 0.05) is 25.7 Å². The lowest BCUT2D eigenvalue weighted by Crippen LogP contribution is -2.27. The number of carbonyl (C=O) groups is 1. The Morgan fingerprint density at radius 1 is 1.35 bits per heavy atom. The van der Waals surface area contributed by atoms with Gasteiger partial charge in [0.2, 0.25) is 5.91 Å². The van der Waals surface area contributed by atoms with Crippen LogP contribution in [-0.2, 0) is 14.3 Å². The molecule has 0 spiro atoms. The third-order valence-corrected chi connectivity index (χ3v) is 4.52. The first-order valence-corrected chi connectivity index (χ1v) is 8.46. The van der Waals surface area contributed by atoms with E-state index in [1.807, 2.05) is 0 Å².